The summed E-state index contributed by atoms with van der Waals surface area (Å²) in [5.74, 6) is 0.828. The van der Waals surface area contributed by atoms with Gasteiger partial charge < -0.3 is 19.9 Å². The van der Waals surface area contributed by atoms with Crippen LogP contribution in [0.1, 0.15) is 30.4 Å². The average Bonchev–Trinajstić information content (AvgIpc) is 2.59. The molecule has 132 valence electrons. The third-order valence-corrected chi connectivity index (χ3v) is 4.11. The maximum atomic E-state index is 10.7. The summed E-state index contributed by atoms with van der Waals surface area (Å²) < 4.78 is 11.5. The van der Waals surface area contributed by atoms with Crippen molar-refractivity contribution in [1.82, 2.24) is 0 Å². The third-order valence-electron chi connectivity index (χ3n) is 4.11. The number of ether oxygens (including phenoxy) is 2. The lowest BCUT2D eigenvalue weighted by Gasteiger charge is -2.17. The van der Waals surface area contributed by atoms with E-state index in [0.717, 1.165) is 54.4 Å². The van der Waals surface area contributed by atoms with Crippen molar-refractivity contribution < 1.29 is 19.4 Å². The van der Waals surface area contributed by atoms with Crippen molar-refractivity contribution in [2.24, 2.45) is 0 Å². The summed E-state index contributed by atoms with van der Waals surface area (Å²) in [6.45, 7) is 2.12. The molecule has 0 saturated carbocycles. The Hall–Kier alpha value is -2.69. The molecule has 1 aliphatic heterocycles. The maximum Gasteiger partial charge on any atom is 0.303 e. The normalized spacial score (nSPS) is 13.6. The van der Waals surface area contributed by atoms with Gasteiger partial charge in [-0.2, -0.15) is 0 Å². The zero-order chi connectivity index (χ0) is 17.5. The topological polar surface area (TPSA) is 67.8 Å². The van der Waals surface area contributed by atoms with Crippen LogP contribution in [0.2, 0.25) is 0 Å². The first kappa shape index (κ1) is 17.1. The number of aliphatic carboxylic acids is 1. The van der Waals surface area contributed by atoms with Crippen molar-refractivity contribution in [3.63, 3.8) is 0 Å². The van der Waals surface area contributed by atoms with Crippen LogP contribution in [0.15, 0.2) is 42.5 Å². The van der Waals surface area contributed by atoms with Crippen molar-refractivity contribution in [1.29, 1.82) is 0 Å². The fourth-order valence-corrected chi connectivity index (χ4v) is 2.76. The minimum Gasteiger partial charge on any atom is -0.490 e. The molecule has 0 bridgehead atoms. The van der Waals surface area contributed by atoms with E-state index in [2.05, 4.69) is 5.32 Å². The van der Waals surface area contributed by atoms with Gasteiger partial charge >= 0.3 is 5.97 Å². The van der Waals surface area contributed by atoms with E-state index >= 15 is 0 Å². The summed E-state index contributed by atoms with van der Waals surface area (Å²) in [6.07, 6.45) is 2.70. The minimum absolute atomic E-state index is 0.144. The van der Waals surface area contributed by atoms with Crippen molar-refractivity contribution in [2.45, 2.75) is 32.2 Å². The molecular formula is C20H23NO4. The maximum absolute atomic E-state index is 10.7. The Kier molecular flexibility index (Phi) is 5.77. The van der Waals surface area contributed by atoms with E-state index in [9.17, 15) is 4.79 Å². The SMILES string of the molecule is O=C(O)CCc1cccc(NCc2ccc3c(c2)OCCCCO3)c1. The van der Waals surface area contributed by atoms with Crippen LogP contribution in [0.5, 0.6) is 11.5 Å². The first-order valence-corrected chi connectivity index (χ1v) is 8.64. The second kappa shape index (κ2) is 8.42. The fourth-order valence-electron chi connectivity index (χ4n) is 2.76. The predicted octanol–water partition coefficient (Wildman–Crippen LogP) is 3.87. The van der Waals surface area contributed by atoms with E-state index in [1.165, 1.54) is 0 Å². The molecule has 0 aromatic heterocycles. The fraction of sp³-hybridized carbons (Fsp3) is 0.350. The second-order valence-corrected chi connectivity index (χ2v) is 6.13. The second-order valence-electron chi connectivity index (χ2n) is 6.13. The first-order valence-electron chi connectivity index (χ1n) is 8.64. The van der Waals surface area contributed by atoms with Gasteiger partial charge in [0.2, 0.25) is 0 Å². The van der Waals surface area contributed by atoms with Crippen molar-refractivity contribution in [3.8, 4) is 11.5 Å². The highest BCUT2D eigenvalue weighted by Gasteiger charge is 2.10. The Balaban J connectivity index is 1.62. The number of benzene rings is 2. The van der Waals surface area contributed by atoms with E-state index in [4.69, 9.17) is 14.6 Å². The van der Waals surface area contributed by atoms with Gasteiger partial charge in [0.25, 0.3) is 0 Å². The zero-order valence-corrected chi connectivity index (χ0v) is 14.2. The highest BCUT2D eigenvalue weighted by molar-refractivity contribution is 5.67. The van der Waals surface area contributed by atoms with Gasteiger partial charge in [0.1, 0.15) is 0 Å². The van der Waals surface area contributed by atoms with Crippen LogP contribution in [-0.2, 0) is 17.8 Å². The quantitative estimate of drug-likeness (QED) is 0.835. The number of carbonyl (C=O) groups is 1. The van der Waals surface area contributed by atoms with Crippen LogP contribution in [0, 0.1) is 0 Å². The molecule has 0 spiro atoms. The van der Waals surface area contributed by atoms with E-state index < -0.39 is 5.97 Å². The van der Waals surface area contributed by atoms with Crippen LogP contribution in [0.25, 0.3) is 0 Å². The lowest BCUT2D eigenvalue weighted by molar-refractivity contribution is -0.136. The van der Waals surface area contributed by atoms with E-state index in [0.29, 0.717) is 13.0 Å². The Morgan fingerprint density at radius 3 is 2.60 bits per heavy atom. The van der Waals surface area contributed by atoms with Crippen LogP contribution in [0.3, 0.4) is 0 Å². The average molecular weight is 341 g/mol. The summed E-state index contributed by atoms with van der Waals surface area (Å²) in [5, 5.41) is 12.2. The standard InChI is InChI=1S/C20H23NO4/c22-20(23)9-7-15-4-3-5-17(12-15)21-14-16-6-8-18-19(13-16)25-11-2-1-10-24-18/h3-6,8,12-13,21H,1-2,7,9-11,14H2,(H,22,23). The number of anilines is 1. The van der Waals surface area contributed by atoms with Gasteiger partial charge in [-0.25, -0.2) is 0 Å². The van der Waals surface area contributed by atoms with Gasteiger partial charge in [-0.05, 0) is 54.7 Å². The largest absolute Gasteiger partial charge is 0.490 e. The Labute approximate surface area is 147 Å². The van der Waals surface area contributed by atoms with Crippen molar-refractivity contribution in [2.75, 3.05) is 18.5 Å². The molecule has 0 aliphatic carbocycles. The van der Waals surface area contributed by atoms with Crippen molar-refractivity contribution in [3.05, 3.63) is 53.6 Å². The van der Waals surface area contributed by atoms with Crippen LogP contribution >= 0.6 is 0 Å². The van der Waals surface area contributed by atoms with Gasteiger partial charge in [0.15, 0.2) is 11.5 Å². The molecule has 0 fully saturated rings. The smallest absolute Gasteiger partial charge is 0.303 e. The summed E-state index contributed by atoms with van der Waals surface area (Å²) in [5.41, 5.74) is 3.10. The first-order chi connectivity index (χ1) is 12.2. The van der Waals surface area contributed by atoms with Crippen LogP contribution in [0.4, 0.5) is 5.69 Å². The lowest BCUT2D eigenvalue weighted by atomic mass is 10.1. The molecule has 3 rings (SSSR count). The number of nitrogens with one attached hydrogen (secondary N) is 1. The number of hydrogen-bond donors (Lipinski definition) is 2. The number of aryl methyl sites for hydroxylation is 1. The number of hydrogen-bond acceptors (Lipinski definition) is 4. The van der Waals surface area contributed by atoms with Crippen molar-refractivity contribution >= 4 is 11.7 Å². The number of rotatable bonds is 6. The lowest BCUT2D eigenvalue weighted by Crippen LogP contribution is -2.09. The molecule has 2 N–H and O–H groups in total. The summed E-state index contributed by atoms with van der Waals surface area (Å²) in [7, 11) is 0. The van der Waals surface area contributed by atoms with Gasteiger partial charge in [0, 0.05) is 18.7 Å². The van der Waals surface area contributed by atoms with Gasteiger partial charge in [-0.15, -0.1) is 0 Å². The molecule has 2 aromatic carbocycles. The van der Waals surface area contributed by atoms with Gasteiger partial charge in [-0.3, -0.25) is 4.79 Å². The Bertz CT molecular complexity index is 729. The molecule has 2 aromatic rings. The molecule has 5 heteroatoms. The molecule has 0 atom stereocenters. The van der Waals surface area contributed by atoms with Gasteiger partial charge in [0.05, 0.1) is 13.2 Å². The van der Waals surface area contributed by atoms with E-state index in [1.54, 1.807) is 0 Å². The highest BCUT2D eigenvalue weighted by atomic mass is 16.5. The molecule has 5 nitrogen and oxygen atoms in total. The predicted molar refractivity (Wildman–Crippen MR) is 96.4 cm³/mol. The zero-order valence-electron chi connectivity index (χ0n) is 14.2. The van der Waals surface area contributed by atoms with E-state index in [1.807, 2.05) is 42.5 Å². The highest BCUT2D eigenvalue weighted by Crippen LogP contribution is 2.30. The molecule has 0 amide bonds. The molecule has 0 radical (unpaired) electrons. The number of carboxylic acids is 1. The number of fused-ring (bicyclic) bond motifs is 1. The molecule has 1 aliphatic rings. The van der Waals surface area contributed by atoms with E-state index in [-0.39, 0.29) is 6.42 Å². The molecule has 0 saturated heterocycles. The minimum atomic E-state index is -0.777. The summed E-state index contributed by atoms with van der Waals surface area (Å²) >= 11 is 0. The molecule has 0 unspecified atom stereocenters. The summed E-state index contributed by atoms with van der Waals surface area (Å²) in [4.78, 5) is 10.7. The Morgan fingerprint density at radius 2 is 1.80 bits per heavy atom. The third kappa shape index (κ3) is 5.14. The van der Waals surface area contributed by atoms with Crippen LogP contribution in [-0.4, -0.2) is 24.3 Å². The number of carboxylic acid groups (broad SMARTS) is 1. The molecule has 1 heterocycles. The molecular weight excluding hydrogens is 318 g/mol. The Morgan fingerprint density at radius 1 is 1.00 bits per heavy atom. The van der Waals surface area contributed by atoms with Crippen LogP contribution < -0.4 is 14.8 Å². The summed E-state index contributed by atoms with van der Waals surface area (Å²) in [6, 6.07) is 13.9. The van der Waals surface area contributed by atoms with Gasteiger partial charge in [-0.1, -0.05) is 18.2 Å². The molecule has 25 heavy (non-hydrogen) atoms. The monoisotopic (exact) mass is 341 g/mol.